The van der Waals surface area contributed by atoms with Crippen molar-refractivity contribution in [3.05, 3.63) is 35.9 Å². The van der Waals surface area contributed by atoms with Crippen molar-refractivity contribution in [3.8, 4) is 0 Å². The molecule has 0 amide bonds. The van der Waals surface area contributed by atoms with Gasteiger partial charge in [-0.1, -0.05) is 44.2 Å². The molecule has 0 bridgehead atoms. The van der Waals surface area contributed by atoms with Gasteiger partial charge in [0.15, 0.2) is 0 Å². The van der Waals surface area contributed by atoms with E-state index in [2.05, 4.69) is 62.9 Å². The number of hydrogen-bond donors (Lipinski definition) is 0. The van der Waals surface area contributed by atoms with Crippen LogP contribution in [0.3, 0.4) is 0 Å². The highest BCUT2D eigenvalue weighted by atomic mass is 15.2. The van der Waals surface area contributed by atoms with Crippen LogP contribution < -0.4 is 0 Å². The first-order valence-corrected chi connectivity index (χ1v) is 6.88. The highest BCUT2D eigenvalue weighted by molar-refractivity contribution is 5.22. The Morgan fingerprint density at radius 3 is 2.18 bits per heavy atom. The van der Waals surface area contributed by atoms with Crippen LogP contribution in [0.5, 0.6) is 0 Å². The minimum atomic E-state index is 0.671. The summed E-state index contributed by atoms with van der Waals surface area (Å²) in [5.74, 6) is 2.29. The van der Waals surface area contributed by atoms with Crippen molar-refractivity contribution in [2.75, 3.05) is 13.1 Å². The molecule has 2 rings (SSSR count). The fourth-order valence-electron chi connectivity index (χ4n) is 3.01. The first-order valence-electron chi connectivity index (χ1n) is 6.88. The third-order valence-corrected chi connectivity index (χ3v) is 4.21. The van der Waals surface area contributed by atoms with Gasteiger partial charge in [0.05, 0.1) is 0 Å². The summed E-state index contributed by atoms with van der Waals surface area (Å²) in [4.78, 5) is 2.63. The summed E-state index contributed by atoms with van der Waals surface area (Å²) in [5.41, 5.74) is 1.52. The summed E-state index contributed by atoms with van der Waals surface area (Å²) in [7, 11) is 0. The van der Waals surface area contributed by atoms with Crippen molar-refractivity contribution in [1.29, 1.82) is 0 Å². The lowest BCUT2D eigenvalue weighted by molar-refractivity contribution is 0.253. The van der Waals surface area contributed by atoms with Crippen molar-refractivity contribution >= 4 is 0 Å². The van der Waals surface area contributed by atoms with Crippen LogP contribution in [-0.4, -0.2) is 24.0 Å². The van der Waals surface area contributed by atoms with Crippen molar-refractivity contribution in [1.82, 2.24) is 4.90 Å². The summed E-state index contributed by atoms with van der Waals surface area (Å²) in [6, 6.07) is 11.7. The summed E-state index contributed by atoms with van der Waals surface area (Å²) in [6.07, 6.45) is 0. The summed E-state index contributed by atoms with van der Waals surface area (Å²) in [5, 5.41) is 0. The van der Waals surface area contributed by atoms with Crippen molar-refractivity contribution in [2.24, 2.45) is 11.8 Å². The molecule has 1 nitrogen and oxygen atoms in total. The minimum absolute atomic E-state index is 0.671. The van der Waals surface area contributed by atoms with Crippen molar-refractivity contribution in [3.63, 3.8) is 0 Å². The fraction of sp³-hybridized carbons (Fsp3) is 0.625. The van der Waals surface area contributed by atoms with Gasteiger partial charge in [-0.05, 0) is 31.2 Å². The molecule has 94 valence electrons. The Morgan fingerprint density at radius 1 is 1.00 bits per heavy atom. The lowest BCUT2D eigenvalue weighted by Gasteiger charge is -2.22. The van der Waals surface area contributed by atoms with E-state index in [9.17, 15) is 0 Å². The van der Waals surface area contributed by atoms with Crippen LogP contribution in [-0.2, 0) is 0 Å². The standard InChI is InChI=1S/C16H25N/c1-12(2)15-10-17(13(3)4)11-16(15)14-8-6-5-7-9-14/h5-9,12-13,15-16H,10-11H2,1-4H3. The third kappa shape index (κ3) is 2.71. The number of benzene rings is 1. The molecule has 1 aliphatic heterocycles. The normalized spacial score (nSPS) is 26.0. The average molecular weight is 231 g/mol. The van der Waals surface area contributed by atoms with E-state index in [1.807, 2.05) is 0 Å². The molecular formula is C16H25N. The second kappa shape index (κ2) is 5.22. The van der Waals surface area contributed by atoms with Gasteiger partial charge in [-0.25, -0.2) is 0 Å². The Kier molecular flexibility index (Phi) is 3.88. The van der Waals surface area contributed by atoms with Crippen molar-refractivity contribution in [2.45, 2.75) is 39.7 Å². The van der Waals surface area contributed by atoms with E-state index in [0.29, 0.717) is 6.04 Å². The molecule has 1 aliphatic rings. The molecule has 0 aliphatic carbocycles. The fourth-order valence-corrected chi connectivity index (χ4v) is 3.01. The molecule has 0 aromatic heterocycles. The zero-order valence-electron chi connectivity index (χ0n) is 11.6. The third-order valence-electron chi connectivity index (χ3n) is 4.21. The van der Waals surface area contributed by atoms with E-state index >= 15 is 0 Å². The molecule has 2 atom stereocenters. The molecule has 2 unspecified atom stereocenters. The zero-order chi connectivity index (χ0) is 12.4. The highest BCUT2D eigenvalue weighted by Crippen LogP contribution is 2.37. The Balaban J connectivity index is 2.20. The molecule has 1 aromatic carbocycles. The van der Waals surface area contributed by atoms with E-state index < -0.39 is 0 Å². The van der Waals surface area contributed by atoms with E-state index in [1.165, 1.54) is 18.7 Å². The van der Waals surface area contributed by atoms with Gasteiger partial charge in [-0.3, -0.25) is 0 Å². The molecule has 0 N–H and O–H groups in total. The highest BCUT2D eigenvalue weighted by Gasteiger charge is 2.36. The van der Waals surface area contributed by atoms with Crippen LogP contribution in [0.15, 0.2) is 30.3 Å². The minimum Gasteiger partial charge on any atom is -0.300 e. The van der Waals surface area contributed by atoms with Crippen LogP contribution in [0, 0.1) is 11.8 Å². The van der Waals surface area contributed by atoms with Gasteiger partial charge < -0.3 is 4.90 Å². The van der Waals surface area contributed by atoms with Gasteiger partial charge in [-0.2, -0.15) is 0 Å². The predicted molar refractivity (Wildman–Crippen MR) is 74.2 cm³/mol. The first-order chi connectivity index (χ1) is 8.09. The largest absolute Gasteiger partial charge is 0.300 e. The van der Waals surface area contributed by atoms with Crippen LogP contribution in [0.25, 0.3) is 0 Å². The molecule has 1 fully saturated rings. The zero-order valence-corrected chi connectivity index (χ0v) is 11.6. The smallest absolute Gasteiger partial charge is 0.00563 e. The Hall–Kier alpha value is -0.820. The van der Waals surface area contributed by atoms with E-state index in [-0.39, 0.29) is 0 Å². The summed E-state index contributed by atoms with van der Waals surface area (Å²) in [6.45, 7) is 11.8. The lowest BCUT2D eigenvalue weighted by atomic mass is 9.82. The van der Waals surface area contributed by atoms with E-state index in [4.69, 9.17) is 0 Å². The first kappa shape index (κ1) is 12.6. The molecule has 1 heteroatoms. The second-order valence-corrected chi connectivity index (χ2v) is 5.97. The second-order valence-electron chi connectivity index (χ2n) is 5.97. The maximum Gasteiger partial charge on any atom is 0.00563 e. The van der Waals surface area contributed by atoms with Gasteiger partial charge in [0.1, 0.15) is 0 Å². The lowest BCUT2D eigenvalue weighted by Crippen LogP contribution is -2.28. The average Bonchev–Trinajstić information content (AvgIpc) is 2.75. The monoisotopic (exact) mass is 231 g/mol. The maximum absolute atomic E-state index is 2.63. The number of hydrogen-bond acceptors (Lipinski definition) is 1. The quantitative estimate of drug-likeness (QED) is 0.765. The van der Waals surface area contributed by atoms with Crippen LogP contribution >= 0.6 is 0 Å². The van der Waals surface area contributed by atoms with E-state index in [1.54, 1.807) is 0 Å². The topological polar surface area (TPSA) is 3.24 Å². The Labute approximate surface area is 106 Å². The number of nitrogens with zero attached hydrogens (tertiary/aromatic N) is 1. The van der Waals surface area contributed by atoms with Crippen LogP contribution in [0.2, 0.25) is 0 Å². The number of likely N-dealkylation sites (tertiary alicyclic amines) is 1. The molecule has 1 heterocycles. The van der Waals surface area contributed by atoms with Crippen LogP contribution in [0.1, 0.15) is 39.2 Å². The number of rotatable bonds is 3. The predicted octanol–water partition coefficient (Wildman–Crippen LogP) is 3.77. The van der Waals surface area contributed by atoms with Crippen LogP contribution in [0.4, 0.5) is 0 Å². The molecule has 0 saturated carbocycles. The van der Waals surface area contributed by atoms with Gasteiger partial charge in [0.25, 0.3) is 0 Å². The maximum atomic E-state index is 2.63. The molecule has 1 aromatic rings. The van der Waals surface area contributed by atoms with Gasteiger partial charge in [0, 0.05) is 25.0 Å². The summed E-state index contributed by atoms with van der Waals surface area (Å²) < 4.78 is 0. The molecule has 0 spiro atoms. The van der Waals surface area contributed by atoms with Gasteiger partial charge in [0.2, 0.25) is 0 Å². The van der Waals surface area contributed by atoms with Gasteiger partial charge in [-0.15, -0.1) is 0 Å². The molecule has 1 saturated heterocycles. The molecular weight excluding hydrogens is 206 g/mol. The van der Waals surface area contributed by atoms with Crippen molar-refractivity contribution < 1.29 is 0 Å². The molecule has 0 radical (unpaired) electrons. The SMILES string of the molecule is CC(C)C1CN(C(C)C)CC1c1ccccc1. The Bertz CT molecular complexity index is 342. The summed E-state index contributed by atoms with van der Waals surface area (Å²) >= 11 is 0. The molecule has 17 heavy (non-hydrogen) atoms. The van der Waals surface area contributed by atoms with E-state index in [0.717, 1.165) is 17.8 Å². The Morgan fingerprint density at radius 2 is 1.65 bits per heavy atom. The van der Waals surface area contributed by atoms with Gasteiger partial charge >= 0.3 is 0 Å².